The molecule has 0 amide bonds. The van der Waals surface area contributed by atoms with Crippen LogP contribution in [0.2, 0.25) is 0 Å². The second-order valence-electron chi connectivity index (χ2n) is 5.02. The van der Waals surface area contributed by atoms with Gasteiger partial charge in [0.15, 0.2) is 0 Å². The van der Waals surface area contributed by atoms with Crippen LogP contribution in [0.1, 0.15) is 32.3 Å². The van der Waals surface area contributed by atoms with E-state index in [4.69, 9.17) is 9.05 Å². The van der Waals surface area contributed by atoms with Crippen molar-refractivity contribution in [3.05, 3.63) is 35.9 Å². The van der Waals surface area contributed by atoms with Crippen LogP contribution in [0.15, 0.2) is 30.3 Å². The van der Waals surface area contributed by atoms with Crippen LogP contribution >= 0.6 is 7.60 Å². The lowest BCUT2D eigenvalue weighted by Gasteiger charge is -2.27. The molecule has 1 N–H and O–H groups in total. The predicted octanol–water partition coefficient (Wildman–Crippen LogP) is 3.78. The minimum absolute atomic E-state index is 0.192. The Morgan fingerprint density at radius 3 is 2.30 bits per heavy atom. The van der Waals surface area contributed by atoms with E-state index in [0.717, 1.165) is 12.8 Å². The van der Waals surface area contributed by atoms with Crippen molar-refractivity contribution in [3.8, 4) is 0 Å². The van der Waals surface area contributed by atoms with Gasteiger partial charge in [0.05, 0.1) is 13.2 Å². The van der Waals surface area contributed by atoms with Crippen molar-refractivity contribution < 1.29 is 13.6 Å². The van der Waals surface area contributed by atoms with Crippen molar-refractivity contribution in [3.63, 3.8) is 0 Å². The lowest BCUT2D eigenvalue weighted by Crippen LogP contribution is -2.32. The summed E-state index contributed by atoms with van der Waals surface area (Å²) in [6.07, 6.45) is 2.19. The molecule has 0 saturated heterocycles. The minimum atomic E-state index is -3.07. The van der Waals surface area contributed by atoms with Gasteiger partial charge >= 0.3 is 7.60 Å². The Hall–Kier alpha value is -0.670. The number of hydrogen-bond donors (Lipinski definition) is 1. The van der Waals surface area contributed by atoms with Crippen molar-refractivity contribution in [2.75, 3.05) is 13.2 Å². The SMILES string of the molecule is CCOP(=O)(OCC)C(NCc1ccccc1)C1CC1. The van der Waals surface area contributed by atoms with E-state index < -0.39 is 7.60 Å². The van der Waals surface area contributed by atoms with Crippen molar-refractivity contribution in [2.24, 2.45) is 5.92 Å². The first-order valence-corrected chi connectivity index (χ1v) is 8.97. The number of hydrogen-bond acceptors (Lipinski definition) is 4. The summed E-state index contributed by atoms with van der Waals surface area (Å²) in [7, 11) is -3.07. The fourth-order valence-electron chi connectivity index (χ4n) is 2.32. The first-order valence-electron chi connectivity index (χ1n) is 7.35. The fourth-order valence-corrected chi connectivity index (χ4v) is 4.57. The standard InChI is InChI=1S/C15H24NO3P/c1-3-18-20(17,19-4-2)15(14-10-11-14)16-12-13-8-6-5-7-9-13/h5-9,14-16H,3-4,10-12H2,1-2H3. The van der Waals surface area contributed by atoms with E-state index in [1.165, 1.54) is 5.56 Å². The summed E-state index contributed by atoms with van der Waals surface area (Å²) < 4.78 is 23.9. The Morgan fingerprint density at radius 1 is 1.20 bits per heavy atom. The van der Waals surface area contributed by atoms with Crippen molar-refractivity contribution >= 4 is 7.60 Å². The Balaban J connectivity index is 2.04. The summed E-state index contributed by atoms with van der Waals surface area (Å²) >= 11 is 0. The number of nitrogens with one attached hydrogen (secondary N) is 1. The highest BCUT2D eigenvalue weighted by atomic mass is 31.2. The molecule has 0 aromatic heterocycles. The summed E-state index contributed by atoms with van der Waals surface area (Å²) in [5.74, 6) is 0.213. The van der Waals surface area contributed by atoms with Gasteiger partial charge in [0.2, 0.25) is 0 Å². The molecule has 112 valence electrons. The first kappa shape index (κ1) is 15.7. The summed E-state index contributed by atoms with van der Waals surface area (Å²) in [4.78, 5) is 0. The highest BCUT2D eigenvalue weighted by Gasteiger charge is 2.45. The molecular formula is C15H24NO3P. The molecule has 1 saturated carbocycles. The third kappa shape index (κ3) is 4.16. The summed E-state index contributed by atoms with van der Waals surface area (Å²) in [6.45, 7) is 5.22. The van der Waals surface area contributed by atoms with Gasteiger partial charge in [0, 0.05) is 6.54 Å². The molecule has 1 aromatic rings. The van der Waals surface area contributed by atoms with Crippen LogP contribution in [0, 0.1) is 5.92 Å². The van der Waals surface area contributed by atoms with E-state index in [-0.39, 0.29) is 5.78 Å². The smallest absolute Gasteiger partial charge is 0.308 e. The van der Waals surface area contributed by atoms with E-state index in [0.29, 0.717) is 25.7 Å². The molecule has 2 rings (SSSR count). The van der Waals surface area contributed by atoms with Gasteiger partial charge in [-0.25, -0.2) is 0 Å². The molecule has 0 bridgehead atoms. The highest BCUT2D eigenvalue weighted by molar-refractivity contribution is 7.54. The molecule has 4 nitrogen and oxygen atoms in total. The number of benzene rings is 1. The van der Waals surface area contributed by atoms with E-state index in [1.54, 1.807) is 0 Å². The summed E-state index contributed by atoms with van der Waals surface area (Å²) in [5.41, 5.74) is 1.18. The monoisotopic (exact) mass is 297 g/mol. The molecule has 1 unspecified atom stereocenters. The van der Waals surface area contributed by atoms with E-state index >= 15 is 0 Å². The average molecular weight is 297 g/mol. The molecule has 1 aromatic carbocycles. The topological polar surface area (TPSA) is 47.6 Å². The zero-order chi connectivity index (χ0) is 14.4. The van der Waals surface area contributed by atoms with Gasteiger partial charge in [0.25, 0.3) is 0 Å². The van der Waals surface area contributed by atoms with E-state index in [9.17, 15) is 4.57 Å². The molecule has 0 spiro atoms. The maximum atomic E-state index is 12.9. The fraction of sp³-hybridized carbons (Fsp3) is 0.600. The predicted molar refractivity (Wildman–Crippen MR) is 80.7 cm³/mol. The normalized spacial score (nSPS) is 17.1. The molecule has 0 radical (unpaired) electrons. The second-order valence-corrected chi connectivity index (χ2v) is 7.18. The van der Waals surface area contributed by atoms with E-state index in [1.807, 2.05) is 32.0 Å². The Morgan fingerprint density at radius 2 is 1.80 bits per heavy atom. The molecule has 20 heavy (non-hydrogen) atoms. The Labute approximate surface area is 121 Å². The maximum absolute atomic E-state index is 12.9. The minimum Gasteiger partial charge on any atom is -0.308 e. The molecule has 1 fully saturated rings. The lowest BCUT2D eigenvalue weighted by molar-refractivity contribution is 0.203. The van der Waals surface area contributed by atoms with Gasteiger partial charge in [-0.1, -0.05) is 30.3 Å². The van der Waals surface area contributed by atoms with Crippen LogP contribution in [0.5, 0.6) is 0 Å². The molecular weight excluding hydrogens is 273 g/mol. The largest absolute Gasteiger partial charge is 0.347 e. The third-order valence-corrected chi connectivity index (χ3v) is 5.91. The van der Waals surface area contributed by atoms with E-state index in [2.05, 4.69) is 17.4 Å². The molecule has 1 aliphatic carbocycles. The highest BCUT2D eigenvalue weighted by Crippen LogP contribution is 2.58. The quantitative estimate of drug-likeness (QED) is 0.705. The van der Waals surface area contributed by atoms with Crippen LogP contribution in [-0.2, 0) is 20.2 Å². The van der Waals surface area contributed by atoms with Crippen molar-refractivity contribution in [2.45, 2.75) is 39.0 Å². The third-order valence-electron chi connectivity index (χ3n) is 3.39. The van der Waals surface area contributed by atoms with Gasteiger partial charge in [0.1, 0.15) is 5.78 Å². The zero-order valence-corrected chi connectivity index (χ0v) is 13.1. The van der Waals surface area contributed by atoms with Crippen LogP contribution in [0.4, 0.5) is 0 Å². The van der Waals surface area contributed by atoms with Gasteiger partial charge < -0.3 is 9.05 Å². The van der Waals surface area contributed by atoms with Crippen LogP contribution in [-0.4, -0.2) is 19.0 Å². The Kier molecular flexibility index (Phi) is 5.79. The first-order chi connectivity index (χ1) is 9.69. The molecule has 0 aliphatic heterocycles. The average Bonchev–Trinajstić information content (AvgIpc) is 3.25. The molecule has 1 aliphatic rings. The van der Waals surface area contributed by atoms with Gasteiger partial charge in [-0.2, -0.15) is 0 Å². The molecule has 5 heteroatoms. The zero-order valence-electron chi connectivity index (χ0n) is 12.2. The van der Waals surface area contributed by atoms with Gasteiger partial charge in [-0.3, -0.25) is 9.88 Å². The maximum Gasteiger partial charge on any atom is 0.347 e. The van der Waals surface area contributed by atoms with Gasteiger partial charge in [-0.05, 0) is 38.2 Å². The lowest BCUT2D eigenvalue weighted by atomic mass is 10.2. The Bertz CT molecular complexity index is 438. The van der Waals surface area contributed by atoms with Crippen LogP contribution in [0.25, 0.3) is 0 Å². The number of rotatable bonds is 9. The van der Waals surface area contributed by atoms with Crippen LogP contribution in [0.3, 0.4) is 0 Å². The van der Waals surface area contributed by atoms with Crippen LogP contribution < -0.4 is 5.32 Å². The summed E-state index contributed by atoms with van der Waals surface area (Å²) in [5, 5.41) is 3.40. The second kappa shape index (κ2) is 7.37. The molecule has 1 atom stereocenters. The van der Waals surface area contributed by atoms with Crippen molar-refractivity contribution in [1.29, 1.82) is 0 Å². The molecule has 0 heterocycles. The summed E-state index contributed by atoms with van der Waals surface area (Å²) in [6, 6.07) is 10.1. The van der Waals surface area contributed by atoms with Crippen molar-refractivity contribution in [1.82, 2.24) is 5.32 Å². The van der Waals surface area contributed by atoms with Gasteiger partial charge in [-0.15, -0.1) is 0 Å².